The fraction of sp³-hybridized carbons (Fsp3) is 0.222. The van der Waals surface area contributed by atoms with Gasteiger partial charge in [0.1, 0.15) is 5.75 Å². The first-order valence-electron chi connectivity index (χ1n) is 7.93. The SMILES string of the molecule is O=C1NC(=O)C(Cc2ccc(OCCc3ccc(C(=O)O)cn3)cc2)S1. The van der Waals surface area contributed by atoms with Crippen molar-refractivity contribution in [3.63, 3.8) is 0 Å². The number of rotatable bonds is 7. The molecule has 1 aromatic carbocycles. The molecule has 3 rings (SSSR count). The minimum absolute atomic E-state index is 0.154. The van der Waals surface area contributed by atoms with Gasteiger partial charge in [0.25, 0.3) is 5.24 Å². The number of amides is 2. The number of thioether (sulfide) groups is 1. The summed E-state index contributed by atoms with van der Waals surface area (Å²) in [6.45, 7) is 0.411. The summed E-state index contributed by atoms with van der Waals surface area (Å²) in [7, 11) is 0. The van der Waals surface area contributed by atoms with E-state index in [2.05, 4.69) is 10.3 Å². The van der Waals surface area contributed by atoms with Crippen molar-refractivity contribution in [3.8, 4) is 5.75 Å². The smallest absolute Gasteiger partial charge is 0.337 e. The molecular weight excluding hydrogens is 356 g/mol. The van der Waals surface area contributed by atoms with Crippen LogP contribution in [0.2, 0.25) is 0 Å². The van der Waals surface area contributed by atoms with E-state index in [9.17, 15) is 14.4 Å². The number of carbonyl (C=O) groups is 3. The molecule has 0 aliphatic carbocycles. The third kappa shape index (κ3) is 4.60. The summed E-state index contributed by atoms with van der Waals surface area (Å²) < 4.78 is 5.66. The Labute approximate surface area is 153 Å². The summed E-state index contributed by atoms with van der Waals surface area (Å²) >= 11 is 1.01. The van der Waals surface area contributed by atoms with E-state index in [1.807, 2.05) is 24.3 Å². The number of carboxylic acid groups (broad SMARTS) is 1. The van der Waals surface area contributed by atoms with Gasteiger partial charge in [-0.3, -0.25) is 19.9 Å². The zero-order chi connectivity index (χ0) is 18.5. The molecule has 1 fully saturated rings. The molecule has 7 nitrogen and oxygen atoms in total. The number of carboxylic acids is 1. The van der Waals surface area contributed by atoms with E-state index in [0.29, 0.717) is 25.2 Å². The molecule has 8 heteroatoms. The predicted molar refractivity (Wildman–Crippen MR) is 95.5 cm³/mol. The van der Waals surface area contributed by atoms with Crippen LogP contribution in [0.5, 0.6) is 5.75 Å². The fourth-order valence-corrected chi connectivity index (χ4v) is 3.30. The van der Waals surface area contributed by atoms with Crippen LogP contribution in [0.3, 0.4) is 0 Å². The molecule has 1 saturated heterocycles. The lowest BCUT2D eigenvalue weighted by molar-refractivity contribution is -0.118. The number of hydrogen-bond acceptors (Lipinski definition) is 6. The highest BCUT2D eigenvalue weighted by Gasteiger charge is 2.31. The zero-order valence-corrected chi connectivity index (χ0v) is 14.5. The number of pyridine rings is 1. The first-order chi connectivity index (χ1) is 12.5. The molecule has 2 N–H and O–H groups in total. The first kappa shape index (κ1) is 17.9. The molecule has 134 valence electrons. The van der Waals surface area contributed by atoms with Crippen molar-refractivity contribution >= 4 is 28.9 Å². The Morgan fingerprint density at radius 3 is 2.54 bits per heavy atom. The van der Waals surface area contributed by atoms with E-state index in [4.69, 9.17) is 9.84 Å². The highest BCUT2D eigenvalue weighted by molar-refractivity contribution is 8.15. The van der Waals surface area contributed by atoms with E-state index in [1.165, 1.54) is 12.3 Å². The van der Waals surface area contributed by atoms with Crippen LogP contribution in [0.15, 0.2) is 42.6 Å². The average molecular weight is 372 g/mol. The summed E-state index contributed by atoms with van der Waals surface area (Å²) in [6, 6.07) is 10.5. The number of aromatic nitrogens is 1. The molecule has 2 aromatic rings. The molecule has 2 amide bonds. The van der Waals surface area contributed by atoms with Crippen LogP contribution in [0.25, 0.3) is 0 Å². The number of ether oxygens (including phenoxy) is 1. The normalized spacial score (nSPS) is 16.4. The lowest BCUT2D eigenvalue weighted by Gasteiger charge is -2.08. The fourth-order valence-electron chi connectivity index (χ4n) is 2.44. The summed E-state index contributed by atoms with van der Waals surface area (Å²) in [6.07, 6.45) is 2.37. The van der Waals surface area contributed by atoms with Crippen LogP contribution in [0.1, 0.15) is 21.6 Å². The summed E-state index contributed by atoms with van der Waals surface area (Å²) in [5.74, 6) is -0.560. The molecule has 2 heterocycles. The van der Waals surface area contributed by atoms with Gasteiger partial charge < -0.3 is 9.84 Å². The Morgan fingerprint density at radius 2 is 1.96 bits per heavy atom. The number of carbonyl (C=O) groups excluding carboxylic acids is 2. The van der Waals surface area contributed by atoms with Crippen molar-refractivity contribution in [2.24, 2.45) is 0 Å². The molecule has 1 aromatic heterocycles. The molecule has 1 aliphatic rings. The van der Waals surface area contributed by atoms with Crippen molar-refractivity contribution in [2.75, 3.05) is 6.61 Å². The van der Waals surface area contributed by atoms with Gasteiger partial charge in [0.05, 0.1) is 17.4 Å². The van der Waals surface area contributed by atoms with Gasteiger partial charge in [-0.25, -0.2) is 4.79 Å². The molecule has 0 spiro atoms. The van der Waals surface area contributed by atoms with Crippen LogP contribution in [-0.4, -0.2) is 39.1 Å². The maximum absolute atomic E-state index is 11.6. The number of aromatic carboxylic acids is 1. The van der Waals surface area contributed by atoms with Gasteiger partial charge in [0.15, 0.2) is 0 Å². The Kier molecular flexibility index (Phi) is 5.52. The first-order valence-corrected chi connectivity index (χ1v) is 8.80. The summed E-state index contributed by atoms with van der Waals surface area (Å²) in [4.78, 5) is 37.6. The number of benzene rings is 1. The van der Waals surface area contributed by atoms with Crippen molar-refractivity contribution < 1.29 is 24.2 Å². The van der Waals surface area contributed by atoms with Crippen molar-refractivity contribution in [2.45, 2.75) is 18.1 Å². The summed E-state index contributed by atoms with van der Waals surface area (Å²) in [5.41, 5.74) is 1.85. The highest BCUT2D eigenvalue weighted by Crippen LogP contribution is 2.23. The number of hydrogen-bond donors (Lipinski definition) is 2. The minimum atomic E-state index is -1.00. The van der Waals surface area contributed by atoms with Crippen LogP contribution < -0.4 is 10.1 Å². The van der Waals surface area contributed by atoms with Crippen LogP contribution in [-0.2, 0) is 17.6 Å². The van der Waals surface area contributed by atoms with Gasteiger partial charge in [-0.05, 0) is 36.2 Å². The number of nitrogens with zero attached hydrogens (tertiary/aromatic N) is 1. The van der Waals surface area contributed by atoms with Gasteiger partial charge >= 0.3 is 5.97 Å². The molecule has 0 saturated carbocycles. The number of nitrogens with one attached hydrogen (secondary N) is 1. The molecule has 1 unspecified atom stereocenters. The second kappa shape index (κ2) is 8.01. The van der Waals surface area contributed by atoms with Gasteiger partial charge in [0.2, 0.25) is 5.91 Å². The quantitative estimate of drug-likeness (QED) is 0.768. The van der Waals surface area contributed by atoms with Crippen LogP contribution in [0, 0.1) is 0 Å². The van der Waals surface area contributed by atoms with Crippen LogP contribution in [0.4, 0.5) is 4.79 Å². The lowest BCUT2D eigenvalue weighted by Crippen LogP contribution is -2.25. The molecule has 0 radical (unpaired) electrons. The Hall–Kier alpha value is -2.87. The minimum Gasteiger partial charge on any atom is -0.493 e. The van der Waals surface area contributed by atoms with E-state index in [-0.39, 0.29) is 22.0 Å². The van der Waals surface area contributed by atoms with E-state index >= 15 is 0 Å². The Bertz CT molecular complexity index is 820. The van der Waals surface area contributed by atoms with Gasteiger partial charge in [-0.1, -0.05) is 23.9 Å². The van der Waals surface area contributed by atoms with Crippen molar-refractivity contribution in [1.29, 1.82) is 0 Å². The second-order valence-electron chi connectivity index (χ2n) is 5.67. The average Bonchev–Trinajstić information content (AvgIpc) is 2.94. The third-order valence-corrected chi connectivity index (χ3v) is 4.79. The topological polar surface area (TPSA) is 106 Å². The van der Waals surface area contributed by atoms with Crippen molar-refractivity contribution in [1.82, 2.24) is 10.3 Å². The highest BCUT2D eigenvalue weighted by atomic mass is 32.2. The largest absolute Gasteiger partial charge is 0.493 e. The monoisotopic (exact) mass is 372 g/mol. The molecule has 1 atom stereocenters. The summed E-state index contributed by atoms with van der Waals surface area (Å²) in [5, 5.41) is 10.4. The third-order valence-electron chi connectivity index (χ3n) is 3.81. The van der Waals surface area contributed by atoms with Gasteiger partial charge in [-0.2, -0.15) is 0 Å². The van der Waals surface area contributed by atoms with Gasteiger partial charge in [-0.15, -0.1) is 0 Å². The molecular formula is C18H16N2O5S. The second-order valence-corrected chi connectivity index (χ2v) is 6.85. The number of imide groups is 1. The lowest BCUT2D eigenvalue weighted by atomic mass is 10.1. The van der Waals surface area contributed by atoms with E-state index in [1.54, 1.807) is 6.07 Å². The maximum atomic E-state index is 11.6. The maximum Gasteiger partial charge on any atom is 0.337 e. The Balaban J connectivity index is 1.47. The predicted octanol–water partition coefficient (Wildman–Crippen LogP) is 2.30. The Morgan fingerprint density at radius 1 is 1.19 bits per heavy atom. The van der Waals surface area contributed by atoms with E-state index < -0.39 is 5.97 Å². The zero-order valence-electron chi connectivity index (χ0n) is 13.7. The molecule has 0 bridgehead atoms. The molecule has 26 heavy (non-hydrogen) atoms. The molecule has 1 aliphatic heterocycles. The van der Waals surface area contributed by atoms with Crippen molar-refractivity contribution in [3.05, 3.63) is 59.4 Å². The van der Waals surface area contributed by atoms with Gasteiger partial charge in [0, 0.05) is 18.3 Å². The van der Waals surface area contributed by atoms with E-state index in [0.717, 1.165) is 23.0 Å². The van der Waals surface area contributed by atoms with Crippen LogP contribution >= 0.6 is 11.8 Å². The standard InChI is InChI=1S/C18H16N2O5S/c21-16-15(26-18(24)20-16)9-11-1-5-14(6-2-11)25-8-7-13-4-3-12(10-19-13)17(22)23/h1-6,10,15H,7-9H2,(H,22,23)(H,20,21,24).